The Hall–Kier alpha value is -1.06. The van der Waals surface area contributed by atoms with Gasteiger partial charge in [0.2, 0.25) is 0 Å². The normalized spacial score (nSPS) is 32.3. The minimum absolute atomic E-state index is 0.188. The summed E-state index contributed by atoms with van der Waals surface area (Å²) in [4.78, 5) is 24.3. The van der Waals surface area contributed by atoms with Gasteiger partial charge in [-0.25, -0.2) is 0 Å². The van der Waals surface area contributed by atoms with Crippen LogP contribution in [0.5, 0.6) is 0 Å². The lowest BCUT2D eigenvalue weighted by Gasteiger charge is -2.27. The summed E-state index contributed by atoms with van der Waals surface area (Å²) in [5.74, 6) is -0.230. The topological polar surface area (TPSA) is 52.6 Å². The Morgan fingerprint density at radius 3 is 1.68 bits per heavy atom. The molecule has 2 rings (SSSR count). The van der Waals surface area contributed by atoms with Crippen molar-refractivity contribution in [3.8, 4) is 0 Å². The van der Waals surface area contributed by atoms with Crippen LogP contribution in [-0.2, 0) is 19.1 Å². The van der Waals surface area contributed by atoms with Gasteiger partial charge in [0.15, 0.2) is 0 Å². The Balaban J connectivity index is 2.02. The molecular weight excluding hydrogens is 244 g/mol. The highest BCUT2D eigenvalue weighted by Gasteiger charge is 2.55. The van der Waals surface area contributed by atoms with Crippen LogP contribution in [0.25, 0.3) is 0 Å². The maximum Gasteiger partial charge on any atom is 0.310 e. The molecule has 4 nitrogen and oxygen atoms in total. The summed E-state index contributed by atoms with van der Waals surface area (Å²) in [6, 6.07) is 0. The number of hydrogen-bond donors (Lipinski definition) is 0. The van der Waals surface area contributed by atoms with Crippen LogP contribution in [0, 0.1) is 23.7 Å². The van der Waals surface area contributed by atoms with E-state index in [1.807, 2.05) is 13.8 Å². The molecule has 0 saturated heterocycles. The summed E-state index contributed by atoms with van der Waals surface area (Å²) < 4.78 is 10.5. The minimum atomic E-state index is -0.255. The quantitative estimate of drug-likeness (QED) is 0.695. The van der Waals surface area contributed by atoms with Gasteiger partial charge in [-0.2, -0.15) is 0 Å². The Morgan fingerprint density at radius 2 is 1.32 bits per heavy atom. The van der Waals surface area contributed by atoms with Crippen molar-refractivity contribution in [3.63, 3.8) is 0 Å². The van der Waals surface area contributed by atoms with Crippen LogP contribution in [0.2, 0.25) is 0 Å². The third-order valence-electron chi connectivity index (χ3n) is 4.36. The number of carbonyl (C=O) groups excluding carboxylic acids is 2. The van der Waals surface area contributed by atoms with Crippen LogP contribution >= 0.6 is 0 Å². The number of esters is 2. The second-order valence-corrected chi connectivity index (χ2v) is 5.72. The van der Waals surface area contributed by atoms with Gasteiger partial charge in [-0.1, -0.05) is 13.8 Å². The highest BCUT2D eigenvalue weighted by molar-refractivity contribution is 5.83. The van der Waals surface area contributed by atoms with Crippen LogP contribution in [0.3, 0.4) is 0 Å². The van der Waals surface area contributed by atoms with Crippen molar-refractivity contribution in [1.82, 2.24) is 0 Å². The Bertz CT molecular complexity index is 307. The lowest BCUT2D eigenvalue weighted by Crippen LogP contribution is -2.37. The summed E-state index contributed by atoms with van der Waals surface area (Å²) >= 11 is 0. The molecule has 0 heterocycles. The molecule has 0 amide bonds. The van der Waals surface area contributed by atoms with E-state index in [0.717, 1.165) is 32.1 Å². The largest absolute Gasteiger partial charge is 0.465 e. The maximum atomic E-state index is 12.2. The molecule has 2 saturated carbocycles. The molecule has 0 aromatic rings. The molecular formula is C15H24O4. The zero-order chi connectivity index (χ0) is 13.8. The van der Waals surface area contributed by atoms with E-state index in [-0.39, 0.29) is 23.8 Å². The second-order valence-electron chi connectivity index (χ2n) is 5.72. The summed E-state index contributed by atoms with van der Waals surface area (Å²) in [6.07, 6.45) is 4.72. The number of carbonyl (C=O) groups is 2. The van der Waals surface area contributed by atoms with Crippen molar-refractivity contribution in [2.24, 2.45) is 23.7 Å². The van der Waals surface area contributed by atoms with Crippen molar-refractivity contribution in [3.05, 3.63) is 0 Å². The second kappa shape index (κ2) is 6.40. The molecule has 4 heteroatoms. The highest BCUT2D eigenvalue weighted by atomic mass is 16.5. The average molecular weight is 268 g/mol. The Kier molecular flexibility index (Phi) is 4.83. The van der Waals surface area contributed by atoms with E-state index in [4.69, 9.17) is 9.47 Å². The number of rotatable bonds is 6. The summed E-state index contributed by atoms with van der Waals surface area (Å²) in [7, 11) is 0. The van der Waals surface area contributed by atoms with Crippen molar-refractivity contribution in [2.45, 2.75) is 46.0 Å². The van der Waals surface area contributed by atoms with Crippen LogP contribution in [-0.4, -0.2) is 25.2 Å². The van der Waals surface area contributed by atoms with Gasteiger partial charge in [0, 0.05) is 0 Å². The number of ether oxygens (including phenoxy) is 2. The molecule has 0 aliphatic heterocycles. The van der Waals surface area contributed by atoms with Gasteiger partial charge in [0.05, 0.1) is 25.0 Å². The first-order valence-corrected chi connectivity index (χ1v) is 7.52. The third kappa shape index (κ3) is 2.93. The minimum Gasteiger partial charge on any atom is -0.465 e. The van der Waals surface area contributed by atoms with E-state index in [1.54, 1.807) is 0 Å². The van der Waals surface area contributed by atoms with Crippen molar-refractivity contribution in [1.29, 1.82) is 0 Å². The fourth-order valence-electron chi connectivity index (χ4n) is 3.57. The first-order chi connectivity index (χ1) is 9.19. The molecule has 2 aliphatic carbocycles. The zero-order valence-corrected chi connectivity index (χ0v) is 11.9. The molecule has 4 atom stereocenters. The monoisotopic (exact) mass is 268 g/mol. The van der Waals surface area contributed by atoms with Gasteiger partial charge in [-0.15, -0.1) is 0 Å². The van der Waals surface area contributed by atoms with E-state index in [9.17, 15) is 9.59 Å². The first-order valence-electron chi connectivity index (χ1n) is 7.52. The Labute approximate surface area is 114 Å². The molecule has 0 aromatic heterocycles. The average Bonchev–Trinajstić information content (AvgIpc) is 3.02. The molecule has 108 valence electrons. The van der Waals surface area contributed by atoms with Gasteiger partial charge in [-0.3, -0.25) is 9.59 Å². The molecule has 0 N–H and O–H groups in total. The third-order valence-corrected chi connectivity index (χ3v) is 4.36. The standard InChI is InChI=1S/C15H24O4/c1-3-7-18-14(16)12-10-5-6-11(9-10)13(12)15(17)19-8-4-2/h10-13H,3-9H2,1-2H3. The SMILES string of the molecule is CCCOC(=O)C1C2CCC(C2)C1C(=O)OCCC. The molecule has 0 spiro atoms. The summed E-state index contributed by atoms with van der Waals surface area (Å²) in [5, 5.41) is 0. The van der Waals surface area contributed by atoms with Crippen molar-refractivity contribution < 1.29 is 19.1 Å². The van der Waals surface area contributed by atoms with Gasteiger partial charge in [0.1, 0.15) is 0 Å². The number of fused-ring (bicyclic) bond motifs is 2. The number of hydrogen-bond acceptors (Lipinski definition) is 4. The molecule has 2 fully saturated rings. The van der Waals surface area contributed by atoms with Crippen molar-refractivity contribution >= 4 is 11.9 Å². The predicted octanol–water partition coefficient (Wildman–Crippen LogP) is 2.56. The lowest BCUT2D eigenvalue weighted by atomic mass is 9.79. The zero-order valence-electron chi connectivity index (χ0n) is 11.9. The van der Waals surface area contributed by atoms with E-state index in [0.29, 0.717) is 25.0 Å². The summed E-state index contributed by atoms with van der Waals surface area (Å²) in [5.41, 5.74) is 0. The van der Waals surface area contributed by atoms with Gasteiger partial charge in [0.25, 0.3) is 0 Å². The molecule has 0 radical (unpaired) electrons. The fraction of sp³-hybridized carbons (Fsp3) is 0.867. The van der Waals surface area contributed by atoms with E-state index < -0.39 is 0 Å². The van der Waals surface area contributed by atoms with E-state index in [1.165, 1.54) is 0 Å². The molecule has 19 heavy (non-hydrogen) atoms. The smallest absolute Gasteiger partial charge is 0.310 e. The van der Waals surface area contributed by atoms with Crippen LogP contribution < -0.4 is 0 Å². The van der Waals surface area contributed by atoms with Crippen LogP contribution in [0.4, 0.5) is 0 Å². The lowest BCUT2D eigenvalue weighted by molar-refractivity contribution is -0.163. The predicted molar refractivity (Wildman–Crippen MR) is 70.3 cm³/mol. The van der Waals surface area contributed by atoms with Crippen LogP contribution in [0.15, 0.2) is 0 Å². The van der Waals surface area contributed by atoms with E-state index >= 15 is 0 Å². The highest BCUT2D eigenvalue weighted by Crippen LogP contribution is 2.53. The molecule has 2 bridgehead atoms. The molecule has 4 unspecified atom stereocenters. The fourth-order valence-corrected chi connectivity index (χ4v) is 3.57. The summed E-state index contributed by atoms with van der Waals surface area (Å²) in [6.45, 7) is 4.84. The van der Waals surface area contributed by atoms with E-state index in [2.05, 4.69) is 0 Å². The van der Waals surface area contributed by atoms with Crippen LogP contribution in [0.1, 0.15) is 46.0 Å². The molecule has 0 aromatic carbocycles. The first kappa shape index (κ1) is 14.4. The van der Waals surface area contributed by atoms with Gasteiger partial charge in [-0.05, 0) is 43.9 Å². The van der Waals surface area contributed by atoms with Gasteiger partial charge >= 0.3 is 11.9 Å². The maximum absolute atomic E-state index is 12.2. The van der Waals surface area contributed by atoms with Gasteiger partial charge < -0.3 is 9.47 Å². The Morgan fingerprint density at radius 1 is 0.895 bits per heavy atom. The van der Waals surface area contributed by atoms with Crippen molar-refractivity contribution in [2.75, 3.05) is 13.2 Å². The molecule has 2 aliphatic rings.